The topological polar surface area (TPSA) is 101 Å². The van der Waals surface area contributed by atoms with E-state index >= 15 is 0 Å². The number of amides is 2. The van der Waals surface area contributed by atoms with Crippen LogP contribution in [0, 0.1) is 20.8 Å². The molecule has 0 aliphatic heterocycles. The van der Waals surface area contributed by atoms with Crippen molar-refractivity contribution < 1.29 is 22.8 Å². The molecule has 11 heteroatoms. The number of nitrogens with zero attached hydrogens (tertiary/aromatic N) is 4. The molecule has 2 amide bonds. The van der Waals surface area contributed by atoms with Crippen LogP contribution in [0.4, 0.5) is 18.9 Å². The Morgan fingerprint density at radius 3 is 2.45 bits per heavy atom. The number of rotatable bonds is 5. The molecular formula is C20H21F3N6O2. The van der Waals surface area contributed by atoms with Gasteiger partial charge in [-0.05, 0) is 56.5 Å². The first-order chi connectivity index (χ1) is 14.5. The molecule has 2 aromatic heterocycles. The van der Waals surface area contributed by atoms with Crippen molar-refractivity contribution in [3.05, 3.63) is 52.1 Å². The average molecular weight is 434 g/mol. The van der Waals surface area contributed by atoms with Crippen LogP contribution >= 0.6 is 0 Å². The van der Waals surface area contributed by atoms with E-state index in [1.54, 1.807) is 39.0 Å². The summed E-state index contributed by atoms with van der Waals surface area (Å²) in [5, 5.41) is 8.83. The molecule has 1 aromatic carbocycles. The fourth-order valence-corrected chi connectivity index (χ4v) is 3.23. The number of nitrogens with one attached hydrogen (secondary N) is 2. The molecule has 0 atom stereocenters. The number of halogens is 3. The van der Waals surface area contributed by atoms with Crippen molar-refractivity contribution in [1.82, 2.24) is 24.9 Å². The summed E-state index contributed by atoms with van der Waals surface area (Å²) < 4.78 is 39.7. The summed E-state index contributed by atoms with van der Waals surface area (Å²) >= 11 is 0. The summed E-state index contributed by atoms with van der Waals surface area (Å²) in [7, 11) is 1.53. The van der Waals surface area contributed by atoms with Crippen molar-refractivity contribution in [1.29, 1.82) is 0 Å². The van der Waals surface area contributed by atoms with E-state index in [4.69, 9.17) is 0 Å². The highest BCUT2D eigenvalue weighted by Gasteiger charge is 2.37. The zero-order chi connectivity index (χ0) is 22.9. The Kier molecular flexibility index (Phi) is 5.96. The van der Waals surface area contributed by atoms with Gasteiger partial charge in [0.2, 0.25) is 5.91 Å². The Balaban J connectivity index is 1.75. The largest absolute Gasteiger partial charge is 0.453 e. The third-order valence-corrected chi connectivity index (χ3v) is 4.89. The Morgan fingerprint density at radius 1 is 1.13 bits per heavy atom. The van der Waals surface area contributed by atoms with Crippen LogP contribution in [0.3, 0.4) is 0 Å². The lowest BCUT2D eigenvalue weighted by molar-refractivity contribution is -0.144. The van der Waals surface area contributed by atoms with Gasteiger partial charge in [0.15, 0.2) is 0 Å². The van der Waals surface area contributed by atoms with Crippen molar-refractivity contribution >= 4 is 23.3 Å². The molecule has 8 nitrogen and oxygen atoms in total. The standard InChI is InChI=1S/C20H21F3N6O2/c1-10-9-13(17(31)24-4)5-7-15(10)26-16(30)8-6-14-11(2)25-19-27-18(20(21,22)23)28-29(19)12(14)3/h5,7,9H,6,8H2,1-4H3,(H,24,31)(H,26,30). The molecule has 3 rings (SSSR count). The third-order valence-electron chi connectivity index (χ3n) is 4.89. The van der Waals surface area contributed by atoms with Gasteiger partial charge in [-0.2, -0.15) is 18.2 Å². The number of alkyl halides is 3. The zero-order valence-electron chi connectivity index (χ0n) is 17.4. The van der Waals surface area contributed by atoms with Gasteiger partial charge in [0, 0.05) is 36.1 Å². The summed E-state index contributed by atoms with van der Waals surface area (Å²) in [6, 6.07) is 4.93. The summed E-state index contributed by atoms with van der Waals surface area (Å²) in [4.78, 5) is 31.7. The second kappa shape index (κ2) is 8.32. The Hall–Kier alpha value is -3.50. The van der Waals surface area contributed by atoms with E-state index in [1.807, 2.05) is 0 Å². The first-order valence-electron chi connectivity index (χ1n) is 9.44. The number of carbonyl (C=O) groups excluding carboxylic acids is 2. The number of hydrogen-bond acceptors (Lipinski definition) is 5. The number of aryl methyl sites for hydroxylation is 3. The van der Waals surface area contributed by atoms with E-state index < -0.39 is 12.0 Å². The molecule has 31 heavy (non-hydrogen) atoms. The molecule has 3 aromatic rings. The maximum atomic E-state index is 12.9. The maximum absolute atomic E-state index is 12.9. The van der Waals surface area contributed by atoms with Gasteiger partial charge >= 0.3 is 6.18 Å². The van der Waals surface area contributed by atoms with E-state index in [1.165, 1.54) is 7.05 Å². The molecule has 0 aliphatic rings. The number of hydrogen-bond donors (Lipinski definition) is 2. The van der Waals surface area contributed by atoms with Crippen LogP contribution in [-0.2, 0) is 17.4 Å². The minimum absolute atomic E-state index is 0.0896. The highest BCUT2D eigenvalue weighted by Crippen LogP contribution is 2.27. The van der Waals surface area contributed by atoms with E-state index in [0.717, 1.165) is 10.1 Å². The molecule has 0 saturated heterocycles. The van der Waals surface area contributed by atoms with Crippen molar-refractivity contribution in [2.45, 2.75) is 39.8 Å². The lowest BCUT2D eigenvalue weighted by atomic mass is 10.1. The van der Waals surface area contributed by atoms with Gasteiger partial charge in [-0.1, -0.05) is 0 Å². The fourth-order valence-electron chi connectivity index (χ4n) is 3.23. The highest BCUT2D eigenvalue weighted by atomic mass is 19.4. The molecule has 0 bridgehead atoms. The summed E-state index contributed by atoms with van der Waals surface area (Å²) in [5.41, 5.74) is 3.36. The predicted molar refractivity (Wildman–Crippen MR) is 107 cm³/mol. The van der Waals surface area contributed by atoms with Crippen LogP contribution in [0.5, 0.6) is 0 Å². The van der Waals surface area contributed by atoms with E-state index in [0.29, 0.717) is 28.2 Å². The average Bonchev–Trinajstić information content (AvgIpc) is 3.13. The molecule has 0 spiro atoms. The molecule has 0 fully saturated rings. The van der Waals surface area contributed by atoms with Crippen molar-refractivity contribution in [2.75, 3.05) is 12.4 Å². The van der Waals surface area contributed by atoms with Crippen molar-refractivity contribution in [2.24, 2.45) is 0 Å². The monoisotopic (exact) mass is 434 g/mol. The summed E-state index contributed by atoms with van der Waals surface area (Å²) in [6.45, 7) is 5.05. The number of fused-ring (bicyclic) bond motifs is 1. The summed E-state index contributed by atoms with van der Waals surface area (Å²) in [5.74, 6) is -1.89. The van der Waals surface area contributed by atoms with Crippen LogP contribution in [0.15, 0.2) is 18.2 Å². The molecule has 164 valence electrons. The first kappa shape index (κ1) is 22.2. The van der Waals surface area contributed by atoms with E-state index in [2.05, 4.69) is 25.7 Å². The number of benzene rings is 1. The number of aromatic nitrogens is 4. The molecule has 0 saturated carbocycles. The number of anilines is 1. The molecule has 0 radical (unpaired) electrons. The lowest BCUT2D eigenvalue weighted by Crippen LogP contribution is -2.18. The van der Waals surface area contributed by atoms with Gasteiger partial charge in [-0.25, -0.2) is 9.50 Å². The summed E-state index contributed by atoms with van der Waals surface area (Å²) in [6.07, 6.45) is -4.31. The van der Waals surface area contributed by atoms with Crippen LogP contribution in [0.25, 0.3) is 5.78 Å². The first-order valence-corrected chi connectivity index (χ1v) is 9.44. The van der Waals surface area contributed by atoms with E-state index in [9.17, 15) is 22.8 Å². The van der Waals surface area contributed by atoms with Gasteiger partial charge in [0.05, 0.1) is 0 Å². The van der Waals surface area contributed by atoms with Crippen LogP contribution < -0.4 is 10.6 Å². The zero-order valence-corrected chi connectivity index (χ0v) is 17.4. The molecule has 2 N–H and O–H groups in total. The number of carbonyl (C=O) groups is 2. The minimum atomic E-state index is -4.67. The molecule has 2 heterocycles. The predicted octanol–water partition coefficient (Wildman–Crippen LogP) is 3.00. The Morgan fingerprint density at radius 2 is 1.84 bits per heavy atom. The van der Waals surface area contributed by atoms with Crippen molar-refractivity contribution in [3.8, 4) is 0 Å². The highest BCUT2D eigenvalue weighted by molar-refractivity contribution is 5.96. The fraction of sp³-hybridized carbons (Fsp3) is 0.350. The molecular weight excluding hydrogens is 413 g/mol. The van der Waals surface area contributed by atoms with Crippen LogP contribution in [0.1, 0.15) is 45.1 Å². The Bertz CT molecular complexity index is 1170. The van der Waals surface area contributed by atoms with Gasteiger partial charge in [0.25, 0.3) is 17.5 Å². The Labute approximate surface area is 175 Å². The minimum Gasteiger partial charge on any atom is -0.355 e. The SMILES string of the molecule is CNC(=O)c1ccc(NC(=O)CCc2c(C)nc3nc(C(F)(F)F)nn3c2C)c(C)c1. The maximum Gasteiger partial charge on any atom is 0.453 e. The van der Waals surface area contributed by atoms with Gasteiger partial charge < -0.3 is 10.6 Å². The van der Waals surface area contributed by atoms with Crippen LogP contribution in [-0.4, -0.2) is 38.4 Å². The van der Waals surface area contributed by atoms with Crippen LogP contribution in [0.2, 0.25) is 0 Å². The quantitative estimate of drug-likeness (QED) is 0.643. The second-order valence-electron chi connectivity index (χ2n) is 7.06. The second-order valence-corrected chi connectivity index (χ2v) is 7.06. The molecule has 0 unspecified atom stereocenters. The van der Waals surface area contributed by atoms with Crippen molar-refractivity contribution in [3.63, 3.8) is 0 Å². The normalized spacial score (nSPS) is 11.6. The van der Waals surface area contributed by atoms with Gasteiger partial charge in [-0.3, -0.25) is 9.59 Å². The molecule has 0 aliphatic carbocycles. The van der Waals surface area contributed by atoms with E-state index in [-0.39, 0.29) is 30.4 Å². The lowest BCUT2D eigenvalue weighted by Gasteiger charge is -2.12. The van der Waals surface area contributed by atoms with Gasteiger partial charge in [0.1, 0.15) is 0 Å². The third kappa shape index (κ3) is 4.65. The van der Waals surface area contributed by atoms with Gasteiger partial charge in [-0.15, -0.1) is 5.10 Å². The smallest absolute Gasteiger partial charge is 0.355 e.